The Kier molecular flexibility index (Phi) is 4.41. The monoisotopic (exact) mass is 350 g/mol. The molecule has 0 spiro atoms. The molecule has 1 aromatic rings. The second-order valence-electron chi connectivity index (χ2n) is 6.83. The van der Waals surface area contributed by atoms with Crippen LogP contribution in [-0.2, 0) is 9.53 Å². The second-order valence-corrected chi connectivity index (χ2v) is 7.73. The second kappa shape index (κ2) is 6.68. The van der Waals surface area contributed by atoms with Crippen LogP contribution in [0.1, 0.15) is 12.8 Å². The van der Waals surface area contributed by atoms with Crippen molar-refractivity contribution >= 4 is 28.4 Å². The Bertz CT molecular complexity index is 588. The first-order valence-electron chi connectivity index (χ1n) is 8.52. The highest BCUT2D eigenvalue weighted by Gasteiger charge is 2.40. The molecule has 0 aliphatic carbocycles. The number of rotatable bonds is 2. The molecule has 0 saturated carbocycles. The summed E-state index contributed by atoms with van der Waals surface area (Å²) in [5, 5.41) is 5.34. The third kappa shape index (κ3) is 3.12. The topological polar surface area (TPSA) is 74.8 Å². The summed E-state index contributed by atoms with van der Waals surface area (Å²) in [6.07, 6.45) is 3.11. The first-order chi connectivity index (χ1) is 11.7. The molecule has 24 heavy (non-hydrogen) atoms. The molecule has 3 aliphatic heterocycles. The number of thiazole rings is 1. The van der Waals surface area contributed by atoms with Crippen LogP contribution in [-0.4, -0.2) is 66.1 Å². The van der Waals surface area contributed by atoms with Gasteiger partial charge < -0.3 is 19.9 Å². The fraction of sp³-hybridized carbons (Fsp3) is 0.688. The number of nitrogens with zero attached hydrogens (tertiary/aromatic N) is 3. The van der Waals surface area contributed by atoms with Gasteiger partial charge in [0, 0.05) is 55.5 Å². The molecular weight excluding hydrogens is 328 g/mol. The maximum absolute atomic E-state index is 12.7. The van der Waals surface area contributed by atoms with Crippen LogP contribution >= 0.6 is 11.3 Å². The maximum Gasteiger partial charge on any atom is 0.320 e. The molecule has 8 heteroatoms. The van der Waals surface area contributed by atoms with E-state index in [9.17, 15) is 9.59 Å². The molecule has 0 unspecified atom stereocenters. The van der Waals surface area contributed by atoms with E-state index in [1.807, 2.05) is 15.2 Å². The number of piperidine rings is 1. The lowest BCUT2D eigenvalue weighted by atomic mass is 9.96. The van der Waals surface area contributed by atoms with E-state index in [2.05, 4.69) is 10.3 Å². The average Bonchev–Trinajstić information content (AvgIpc) is 3.31. The summed E-state index contributed by atoms with van der Waals surface area (Å²) in [7, 11) is 0. The van der Waals surface area contributed by atoms with Gasteiger partial charge in [0.1, 0.15) is 0 Å². The van der Waals surface area contributed by atoms with Gasteiger partial charge in [-0.15, -0.1) is 11.3 Å². The highest BCUT2D eigenvalue weighted by atomic mass is 32.1. The van der Waals surface area contributed by atoms with Gasteiger partial charge in [-0.2, -0.15) is 0 Å². The molecule has 1 aromatic heterocycles. The quantitative estimate of drug-likeness (QED) is 0.877. The first-order valence-corrected chi connectivity index (χ1v) is 9.40. The molecule has 3 saturated heterocycles. The third-order valence-corrected chi connectivity index (χ3v) is 6.00. The minimum Gasteiger partial charge on any atom is -0.381 e. The SMILES string of the molecule is O=C(Nc1nccs1)C1CCN(C(=O)N2C[C@H]3COC[C@H]3C2)CC1. The van der Waals surface area contributed by atoms with Crippen LogP contribution in [0.25, 0.3) is 0 Å². The smallest absolute Gasteiger partial charge is 0.320 e. The number of amides is 3. The van der Waals surface area contributed by atoms with Crippen LogP contribution in [0.5, 0.6) is 0 Å². The zero-order valence-corrected chi connectivity index (χ0v) is 14.3. The molecule has 3 aliphatic rings. The number of hydrogen-bond donors (Lipinski definition) is 1. The van der Waals surface area contributed by atoms with Gasteiger partial charge in [-0.3, -0.25) is 4.79 Å². The molecule has 0 radical (unpaired) electrons. The van der Waals surface area contributed by atoms with E-state index < -0.39 is 0 Å². The van der Waals surface area contributed by atoms with E-state index in [1.54, 1.807) is 6.20 Å². The average molecular weight is 350 g/mol. The van der Waals surface area contributed by atoms with Crippen molar-refractivity contribution in [2.45, 2.75) is 12.8 Å². The maximum atomic E-state index is 12.7. The Balaban J connectivity index is 1.26. The number of likely N-dealkylation sites (tertiary alicyclic amines) is 2. The summed E-state index contributed by atoms with van der Waals surface area (Å²) in [5.41, 5.74) is 0. The number of ether oxygens (including phenoxy) is 1. The van der Waals surface area contributed by atoms with Crippen LogP contribution in [0.3, 0.4) is 0 Å². The lowest BCUT2D eigenvalue weighted by molar-refractivity contribution is -0.121. The molecule has 7 nitrogen and oxygen atoms in total. The third-order valence-electron chi connectivity index (χ3n) is 5.31. The molecule has 4 heterocycles. The zero-order chi connectivity index (χ0) is 16.5. The van der Waals surface area contributed by atoms with Crippen molar-refractivity contribution in [2.24, 2.45) is 17.8 Å². The number of fused-ring (bicyclic) bond motifs is 1. The summed E-state index contributed by atoms with van der Waals surface area (Å²) < 4.78 is 5.47. The first kappa shape index (κ1) is 15.8. The largest absolute Gasteiger partial charge is 0.381 e. The van der Waals surface area contributed by atoms with Crippen molar-refractivity contribution in [3.05, 3.63) is 11.6 Å². The Hall–Kier alpha value is -1.67. The summed E-state index contributed by atoms with van der Waals surface area (Å²) in [4.78, 5) is 32.9. The Morgan fingerprint density at radius 1 is 1.17 bits per heavy atom. The molecule has 3 amide bonds. The van der Waals surface area contributed by atoms with Gasteiger partial charge in [-0.1, -0.05) is 0 Å². The number of carbonyl (C=O) groups excluding carboxylic acids is 2. The van der Waals surface area contributed by atoms with Gasteiger partial charge in [0.05, 0.1) is 13.2 Å². The van der Waals surface area contributed by atoms with Crippen molar-refractivity contribution in [1.82, 2.24) is 14.8 Å². The molecule has 4 rings (SSSR count). The van der Waals surface area contributed by atoms with Crippen molar-refractivity contribution in [2.75, 3.05) is 44.7 Å². The van der Waals surface area contributed by atoms with Gasteiger partial charge in [0.15, 0.2) is 5.13 Å². The van der Waals surface area contributed by atoms with Crippen molar-refractivity contribution < 1.29 is 14.3 Å². The molecule has 0 aromatic carbocycles. The van der Waals surface area contributed by atoms with E-state index in [1.165, 1.54) is 11.3 Å². The van der Waals surface area contributed by atoms with E-state index in [0.717, 1.165) is 26.3 Å². The van der Waals surface area contributed by atoms with Crippen molar-refractivity contribution in [1.29, 1.82) is 0 Å². The summed E-state index contributed by atoms with van der Waals surface area (Å²) in [6.45, 7) is 4.50. The Morgan fingerprint density at radius 3 is 2.50 bits per heavy atom. The van der Waals surface area contributed by atoms with Gasteiger partial charge >= 0.3 is 6.03 Å². The van der Waals surface area contributed by atoms with Crippen molar-refractivity contribution in [3.8, 4) is 0 Å². The highest BCUT2D eigenvalue weighted by Crippen LogP contribution is 2.30. The number of carbonyl (C=O) groups is 2. The van der Waals surface area contributed by atoms with Gasteiger partial charge in [-0.05, 0) is 12.8 Å². The van der Waals surface area contributed by atoms with Crippen LogP contribution in [0, 0.1) is 17.8 Å². The number of anilines is 1. The fourth-order valence-electron chi connectivity index (χ4n) is 3.87. The van der Waals surface area contributed by atoms with Crippen LogP contribution in [0.2, 0.25) is 0 Å². The number of aromatic nitrogens is 1. The molecule has 3 fully saturated rings. The van der Waals surface area contributed by atoms with Crippen LogP contribution < -0.4 is 5.32 Å². The lowest BCUT2D eigenvalue weighted by Gasteiger charge is -2.34. The predicted molar refractivity (Wildman–Crippen MR) is 89.8 cm³/mol. The lowest BCUT2D eigenvalue weighted by Crippen LogP contribution is -2.47. The molecular formula is C16H22N4O3S. The van der Waals surface area contributed by atoms with Crippen LogP contribution in [0.15, 0.2) is 11.6 Å². The number of nitrogens with one attached hydrogen (secondary N) is 1. The minimum absolute atomic E-state index is 0.0184. The summed E-state index contributed by atoms with van der Waals surface area (Å²) in [5.74, 6) is 1.00. The standard InChI is InChI=1S/C16H22N4O3S/c21-14(18-15-17-3-6-24-15)11-1-4-19(5-2-11)16(22)20-7-12-9-23-10-13(12)8-20/h3,6,11-13H,1-2,4-5,7-10H2,(H,17,18,21)/t12-,13+. The fourth-order valence-corrected chi connectivity index (χ4v) is 4.40. The highest BCUT2D eigenvalue weighted by molar-refractivity contribution is 7.13. The molecule has 130 valence electrons. The number of hydrogen-bond acceptors (Lipinski definition) is 5. The molecule has 2 atom stereocenters. The zero-order valence-electron chi connectivity index (χ0n) is 13.5. The van der Waals surface area contributed by atoms with E-state index >= 15 is 0 Å². The Labute approximate surface area is 145 Å². The predicted octanol–water partition coefficient (Wildman–Crippen LogP) is 1.49. The van der Waals surface area contributed by atoms with Gasteiger partial charge in [0.25, 0.3) is 0 Å². The van der Waals surface area contributed by atoms with E-state index in [4.69, 9.17) is 4.74 Å². The summed E-state index contributed by atoms with van der Waals surface area (Å²) >= 11 is 1.42. The van der Waals surface area contributed by atoms with Gasteiger partial charge in [-0.25, -0.2) is 9.78 Å². The summed E-state index contributed by atoms with van der Waals surface area (Å²) in [6, 6.07) is 0.128. The number of urea groups is 1. The van der Waals surface area contributed by atoms with Crippen molar-refractivity contribution in [3.63, 3.8) is 0 Å². The van der Waals surface area contributed by atoms with Crippen LogP contribution in [0.4, 0.5) is 9.93 Å². The molecule has 1 N–H and O–H groups in total. The minimum atomic E-state index is -0.0377. The molecule has 0 bridgehead atoms. The normalized spacial score (nSPS) is 27.3. The van der Waals surface area contributed by atoms with E-state index in [-0.39, 0.29) is 17.9 Å². The Morgan fingerprint density at radius 2 is 1.88 bits per heavy atom. The van der Waals surface area contributed by atoms with E-state index in [0.29, 0.717) is 42.9 Å². The van der Waals surface area contributed by atoms with Gasteiger partial charge in [0.2, 0.25) is 5.91 Å².